The van der Waals surface area contributed by atoms with E-state index in [4.69, 9.17) is 4.42 Å². The van der Waals surface area contributed by atoms with Gasteiger partial charge in [0.2, 0.25) is 0 Å². The van der Waals surface area contributed by atoms with Crippen molar-refractivity contribution in [1.29, 1.82) is 0 Å². The summed E-state index contributed by atoms with van der Waals surface area (Å²) >= 11 is 0. The second kappa shape index (κ2) is 4.40. The van der Waals surface area contributed by atoms with Gasteiger partial charge in [-0.25, -0.2) is 0 Å². The summed E-state index contributed by atoms with van der Waals surface area (Å²) in [5.74, 6) is 1.04. The fraction of sp³-hybridized carbons (Fsp3) is 0.692. The predicted octanol–water partition coefficient (Wildman–Crippen LogP) is 3.51. The summed E-state index contributed by atoms with van der Waals surface area (Å²) < 4.78 is 5.38. The molecule has 0 saturated heterocycles. The fourth-order valence-corrected chi connectivity index (χ4v) is 2.23. The van der Waals surface area contributed by atoms with Crippen LogP contribution in [-0.2, 0) is 0 Å². The smallest absolute Gasteiger partial charge is 0.120 e. The maximum absolute atomic E-state index is 5.38. The number of hydrogen-bond donors (Lipinski definition) is 1. The Labute approximate surface area is 92.1 Å². The van der Waals surface area contributed by atoms with E-state index in [0.29, 0.717) is 11.5 Å². The van der Waals surface area contributed by atoms with Crippen molar-refractivity contribution in [1.82, 2.24) is 5.32 Å². The van der Waals surface area contributed by atoms with Crippen LogP contribution in [0, 0.1) is 5.41 Å². The van der Waals surface area contributed by atoms with Crippen molar-refractivity contribution in [3.05, 3.63) is 24.2 Å². The van der Waals surface area contributed by atoms with E-state index in [1.54, 1.807) is 6.26 Å². The van der Waals surface area contributed by atoms with Crippen LogP contribution >= 0.6 is 0 Å². The van der Waals surface area contributed by atoms with Gasteiger partial charge < -0.3 is 9.73 Å². The van der Waals surface area contributed by atoms with Crippen LogP contribution < -0.4 is 5.32 Å². The number of nitrogens with one attached hydrogen (secondary N) is 1. The molecule has 84 valence electrons. The molecule has 0 radical (unpaired) electrons. The van der Waals surface area contributed by atoms with Crippen molar-refractivity contribution >= 4 is 0 Å². The molecule has 2 rings (SSSR count). The Morgan fingerprint density at radius 2 is 2.33 bits per heavy atom. The minimum absolute atomic E-state index is 0.342. The highest BCUT2D eigenvalue weighted by atomic mass is 16.3. The minimum Gasteiger partial charge on any atom is -0.468 e. The summed E-state index contributed by atoms with van der Waals surface area (Å²) in [5, 5.41) is 3.58. The summed E-state index contributed by atoms with van der Waals surface area (Å²) in [4.78, 5) is 0. The van der Waals surface area contributed by atoms with Gasteiger partial charge in [-0.05, 0) is 43.7 Å². The van der Waals surface area contributed by atoms with E-state index in [1.807, 2.05) is 12.1 Å². The van der Waals surface area contributed by atoms with E-state index in [9.17, 15) is 0 Å². The van der Waals surface area contributed by atoms with Gasteiger partial charge in [0.25, 0.3) is 0 Å². The molecule has 1 aromatic heterocycles. The standard InChI is InChI=1S/C13H21NO/c1-3-6-13(7-8-13)10-14-11(2)12-5-4-9-15-12/h4-5,9,11,14H,3,6-8,10H2,1-2H3. The SMILES string of the molecule is CCCC1(CNC(C)c2ccco2)CC1. The molecule has 2 nitrogen and oxygen atoms in total. The number of rotatable bonds is 6. The first-order chi connectivity index (χ1) is 7.26. The molecule has 1 fully saturated rings. The van der Waals surface area contributed by atoms with Crippen LogP contribution in [0.15, 0.2) is 22.8 Å². The molecule has 2 heteroatoms. The van der Waals surface area contributed by atoms with E-state index in [0.717, 1.165) is 12.3 Å². The van der Waals surface area contributed by atoms with Crippen LogP contribution in [0.25, 0.3) is 0 Å². The fourth-order valence-electron chi connectivity index (χ4n) is 2.23. The molecule has 0 amide bonds. The molecule has 1 heterocycles. The van der Waals surface area contributed by atoms with Crippen LogP contribution in [0.5, 0.6) is 0 Å². The van der Waals surface area contributed by atoms with Gasteiger partial charge in [0.1, 0.15) is 5.76 Å². The van der Waals surface area contributed by atoms with Gasteiger partial charge >= 0.3 is 0 Å². The highest BCUT2D eigenvalue weighted by molar-refractivity contribution is 5.04. The third-order valence-corrected chi connectivity index (χ3v) is 3.49. The Morgan fingerprint density at radius 1 is 1.53 bits per heavy atom. The molecule has 1 aliphatic rings. The summed E-state index contributed by atoms with van der Waals surface area (Å²) in [7, 11) is 0. The van der Waals surface area contributed by atoms with E-state index in [2.05, 4.69) is 19.2 Å². The Hall–Kier alpha value is -0.760. The average molecular weight is 207 g/mol. The van der Waals surface area contributed by atoms with E-state index >= 15 is 0 Å². The molecular formula is C13H21NO. The summed E-state index contributed by atoms with van der Waals surface area (Å²) in [6, 6.07) is 4.33. The predicted molar refractivity (Wildman–Crippen MR) is 61.7 cm³/mol. The maximum atomic E-state index is 5.38. The Balaban J connectivity index is 1.78. The zero-order valence-corrected chi connectivity index (χ0v) is 9.75. The maximum Gasteiger partial charge on any atom is 0.120 e. The Bertz CT molecular complexity index is 287. The second-order valence-corrected chi connectivity index (χ2v) is 4.87. The topological polar surface area (TPSA) is 25.2 Å². The molecule has 0 spiro atoms. The van der Waals surface area contributed by atoms with E-state index < -0.39 is 0 Å². The van der Waals surface area contributed by atoms with Crippen LogP contribution in [0.2, 0.25) is 0 Å². The average Bonchev–Trinajstić information content (AvgIpc) is 2.81. The minimum atomic E-state index is 0.342. The van der Waals surface area contributed by atoms with Crippen LogP contribution in [-0.4, -0.2) is 6.54 Å². The van der Waals surface area contributed by atoms with Crippen molar-refractivity contribution in [3.8, 4) is 0 Å². The highest BCUT2D eigenvalue weighted by Gasteiger charge is 2.41. The number of furan rings is 1. The third kappa shape index (κ3) is 2.63. The van der Waals surface area contributed by atoms with Gasteiger partial charge in [0.15, 0.2) is 0 Å². The molecule has 0 bridgehead atoms. The van der Waals surface area contributed by atoms with Crippen molar-refractivity contribution in [2.75, 3.05) is 6.54 Å². The summed E-state index contributed by atoms with van der Waals surface area (Å²) in [5.41, 5.74) is 0.621. The van der Waals surface area contributed by atoms with Gasteiger partial charge in [-0.1, -0.05) is 13.3 Å². The van der Waals surface area contributed by atoms with Crippen LogP contribution in [0.1, 0.15) is 51.3 Å². The van der Waals surface area contributed by atoms with Crippen molar-refractivity contribution in [2.24, 2.45) is 5.41 Å². The largest absolute Gasteiger partial charge is 0.468 e. The number of hydrogen-bond acceptors (Lipinski definition) is 2. The lowest BCUT2D eigenvalue weighted by molar-refractivity contribution is 0.366. The zero-order chi connectivity index (χ0) is 10.7. The van der Waals surface area contributed by atoms with Crippen molar-refractivity contribution in [2.45, 2.75) is 45.6 Å². The molecule has 1 saturated carbocycles. The molecule has 1 aliphatic carbocycles. The highest BCUT2D eigenvalue weighted by Crippen LogP contribution is 2.49. The zero-order valence-electron chi connectivity index (χ0n) is 9.75. The first kappa shape index (κ1) is 10.7. The molecule has 1 unspecified atom stereocenters. The van der Waals surface area contributed by atoms with E-state index in [-0.39, 0.29) is 0 Å². The molecular weight excluding hydrogens is 186 g/mol. The second-order valence-electron chi connectivity index (χ2n) is 4.87. The molecule has 15 heavy (non-hydrogen) atoms. The molecule has 1 aromatic rings. The first-order valence-corrected chi connectivity index (χ1v) is 6.02. The van der Waals surface area contributed by atoms with Crippen molar-refractivity contribution in [3.63, 3.8) is 0 Å². The summed E-state index contributed by atoms with van der Waals surface area (Å²) in [6.07, 6.45) is 7.21. The Morgan fingerprint density at radius 3 is 2.87 bits per heavy atom. The van der Waals surface area contributed by atoms with Gasteiger partial charge in [-0.3, -0.25) is 0 Å². The lowest BCUT2D eigenvalue weighted by Gasteiger charge is -2.18. The third-order valence-electron chi connectivity index (χ3n) is 3.49. The van der Waals surface area contributed by atoms with Gasteiger partial charge in [-0.15, -0.1) is 0 Å². The lowest BCUT2D eigenvalue weighted by Crippen LogP contribution is -2.26. The summed E-state index contributed by atoms with van der Waals surface area (Å²) in [6.45, 7) is 5.58. The van der Waals surface area contributed by atoms with Crippen molar-refractivity contribution < 1.29 is 4.42 Å². The lowest BCUT2D eigenvalue weighted by atomic mass is 10.0. The molecule has 0 aliphatic heterocycles. The Kier molecular flexibility index (Phi) is 3.15. The van der Waals surface area contributed by atoms with Gasteiger partial charge in [0, 0.05) is 6.54 Å². The first-order valence-electron chi connectivity index (χ1n) is 6.02. The molecule has 0 aromatic carbocycles. The van der Waals surface area contributed by atoms with Crippen LogP contribution in [0.4, 0.5) is 0 Å². The van der Waals surface area contributed by atoms with E-state index in [1.165, 1.54) is 25.7 Å². The van der Waals surface area contributed by atoms with Crippen LogP contribution in [0.3, 0.4) is 0 Å². The van der Waals surface area contributed by atoms with Gasteiger partial charge in [0.05, 0.1) is 12.3 Å². The quantitative estimate of drug-likeness (QED) is 0.772. The molecule has 1 atom stereocenters. The normalized spacial score (nSPS) is 20.1. The monoisotopic (exact) mass is 207 g/mol. The van der Waals surface area contributed by atoms with Gasteiger partial charge in [-0.2, -0.15) is 0 Å². The molecule has 1 N–H and O–H groups in total.